The molecule has 1 aliphatic rings. The Bertz CT molecular complexity index is 1240. The van der Waals surface area contributed by atoms with Crippen LogP contribution in [-0.2, 0) is 16.1 Å². The fourth-order valence-electron chi connectivity index (χ4n) is 5.06. The number of alkyl halides is 2. The van der Waals surface area contributed by atoms with E-state index in [1.165, 1.54) is 0 Å². The number of carboxylic acids is 1. The number of aryl methyl sites for hydroxylation is 2. The van der Waals surface area contributed by atoms with E-state index >= 15 is 0 Å². The zero-order chi connectivity index (χ0) is 24.9. The predicted octanol–water partition coefficient (Wildman–Crippen LogP) is 6.26. The van der Waals surface area contributed by atoms with Gasteiger partial charge < -0.3 is 19.3 Å². The highest BCUT2D eigenvalue weighted by Crippen LogP contribution is 2.48. The Hall–Kier alpha value is -2.93. The van der Waals surface area contributed by atoms with E-state index in [0.717, 1.165) is 33.3 Å². The quantitative estimate of drug-likeness (QED) is 0.462. The normalized spacial score (nSPS) is 14.8. The second-order valence-electron chi connectivity index (χ2n) is 10.1. The lowest BCUT2D eigenvalue weighted by Crippen LogP contribution is -2.37. The first-order chi connectivity index (χ1) is 15.9. The highest BCUT2D eigenvalue weighted by molar-refractivity contribution is 6.07. The highest BCUT2D eigenvalue weighted by Gasteiger charge is 2.36. The van der Waals surface area contributed by atoms with Crippen molar-refractivity contribution < 1.29 is 23.4 Å². The molecule has 1 aliphatic heterocycles. The first-order valence-electron chi connectivity index (χ1n) is 11.6. The number of aromatic nitrogens is 1. The van der Waals surface area contributed by atoms with Crippen LogP contribution in [0.2, 0.25) is 0 Å². The summed E-state index contributed by atoms with van der Waals surface area (Å²) in [6.07, 6.45) is -3.76. The Kier molecular flexibility index (Phi) is 6.19. The van der Waals surface area contributed by atoms with Gasteiger partial charge in [0.05, 0.1) is 23.3 Å². The molecule has 0 amide bonds. The topological polar surface area (TPSA) is 54.7 Å². The Balaban J connectivity index is 2.14. The van der Waals surface area contributed by atoms with E-state index in [-0.39, 0.29) is 0 Å². The molecule has 7 heteroatoms. The molecule has 1 aromatic heterocycles. The van der Waals surface area contributed by atoms with Gasteiger partial charge in [-0.3, -0.25) is 0 Å². The Morgan fingerprint density at radius 1 is 1.12 bits per heavy atom. The maximum absolute atomic E-state index is 13.5. The summed E-state index contributed by atoms with van der Waals surface area (Å²) in [5.41, 5.74) is 5.78. The van der Waals surface area contributed by atoms with Gasteiger partial charge in [0.2, 0.25) is 0 Å². The number of rotatable bonds is 6. The van der Waals surface area contributed by atoms with Crippen molar-refractivity contribution >= 4 is 22.6 Å². The Morgan fingerprint density at radius 3 is 2.32 bits per heavy atom. The van der Waals surface area contributed by atoms with Crippen LogP contribution >= 0.6 is 0 Å². The molecule has 1 N–H and O–H groups in total. The zero-order valence-electron chi connectivity index (χ0n) is 20.6. The number of halogens is 2. The maximum Gasteiger partial charge on any atom is 0.337 e. The molecule has 4 rings (SSSR count). The lowest BCUT2D eigenvalue weighted by atomic mass is 9.87. The molecule has 5 nitrogen and oxygen atoms in total. The Morgan fingerprint density at radius 2 is 1.76 bits per heavy atom. The maximum atomic E-state index is 13.5. The summed E-state index contributed by atoms with van der Waals surface area (Å²) in [6, 6.07) is 10.00. The summed E-state index contributed by atoms with van der Waals surface area (Å²) in [5, 5.41) is 11.1. The van der Waals surface area contributed by atoms with E-state index in [1.54, 1.807) is 4.90 Å². The summed E-state index contributed by atoms with van der Waals surface area (Å²) in [7, 11) is 0. The van der Waals surface area contributed by atoms with Gasteiger partial charge in [-0.05, 0) is 64.3 Å². The average Bonchev–Trinajstić information content (AvgIpc) is 3.05. The molecule has 1 atom stereocenters. The fraction of sp³-hybridized carbons (Fsp3) is 0.444. The van der Waals surface area contributed by atoms with Crippen molar-refractivity contribution in [1.29, 1.82) is 0 Å². The van der Waals surface area contributed by atoms with Crippen LogP contribution in [0, 0.1) is 20.8 Å². The van der Waals surface area contributed by atoms with Gasteiger partial charge >= 0.3 is 5.97 Å². The molecule has 3 aromatic rings. The summed E-state index contributed by atoms with van der Waals surface area (Å²) in [6.45, 7) is 11.9. The van der Waals surface area contributed by atoms with E-state index in [1.807, 2.05) is 71.9 Å². The summed E-state index contributed by atoms with van der Waals surface area (Å²) >= 11 is 0. The third-order valence-electron chi connectivity index (χ3n) is 6.39. The van der Waals surface area contributed by atoms with Gasteiger partial charge in [-0.2, -0.15) is 0 Å². The molecule has 0 radical (unpaired) electrons. The van der Waals surface area contributed by atoms with Crippen molar-refractivity contribution in [1.82, 2.24) is 4.57 Å². The van der Waals surface area contributed by atoms with Gasteiger partial charge in [0.1, 0.15) is 0 Å². The molecule has 0 saturated heterocycles. The summed E-state index contributed by atoms with van der Waals surface area (Å²) in [5.74, 6) is -1.11. The highest BCUT2D eigenvalue weighted by atomic mass is 19.3. The number of nitrogens with zero attached hydrogens (tertiary/aromatic N) is 2. The lowest BCUT2D eigenvalue weighted by Gasteiger charge is -2.35. The molecule has 0 bridgehead atoms. The van der Waals surface area contributed by atoms with E-state index in [4.69, 9.17) is 4.74 Å². The molecule has 0 spiro atoms. The van der Waals surface area contributed by atoms with Crippen LogP contribution in [0.25, 0.3) is 22.0 Å². The van der Waals surface area contributed by atoms with Crippen molar-refractivity contribution in [2.24, 2.45) is 0 Å². The molecule has 0 aliphatic carbocycles. The lowest BCUT2D eigenvalue weighted by molar-refractivity contribution is -0.160. The van der Waals surface area contributed by atoms with E-state index in [0.29, 0.717) is 29.9 Å². The minimum Gasteiger partial charge on any atom is -0.479 e. The summed E-state index contributed by atoms with van der Waals surface area (Å²) < 4.78 is 35.3. The molecule has 0 saturated carbocycles. The summed E-state index contributed by atoms with van der Waals surface area (Å²) in [4.78, 5) is 14.3. The van der Waals surface area contributed by atoms with Crippen molar-refractivity contribution in [2.45, 2.75) is 66.2 Å². The van der Waals surface area contributed by atoms with Crippen molar-refractivity contribution in [3.05, 3.63) is 52.7 Å². The molecular weight excluding hydrogens is 438 g/mol. The molecule has 182 valence electrons. The SMILES string of the molecule is Cc1ccc(-c2c([C@H](OC(C)(C)C)C(=O)O)c(C)c3c4c2cc(C)n4CCN3CC(F)F)cc1. The minimum atomic E-state index is -2.50. The number of hydrogen-bond donors (Lipinski definition) is 1. The van der Waals surface area contributed by atoms with Gasteiger partial charge in [-0.25, -0.2) is 13.6 Å². The van der Waals surface area contributed by atoms with Crippen LogP contribution in [0.1, 0.15) is 49.3 Å². The monoisotopic (exact) mass is 470 g/mol. The fourth-order valence-corrected chi connectivity index (χ4v) is 5.06. The predicted molar refractivity (Wildman–Crippen MR) is 131 cm³/mol. The first kappa shape index (κ1) is 24.2. The smallest absolute Gasteiger partial charge is 0.337 e. The van der Waals surface area contributed by atoms with Crippen LogP contribution in [-0.4, -0.2) is 40.8 Å². The first-order valence-corrected chi connectivity index (χ1v) is 11.6. The number of benzene rings is 2. The molecule has 2 heterocycles. The third-order valence-corrected chi connectivity index (χ3v) is 6.39. The second-order valence-corrected chi connectivity index (χ2v) is 10.1. The number of carbonyl (C=O) groups is 1. The van der Waals surface area contributed by atoms with E-state index < -0.39 is 30.6 Å². The van der Waals surface area contributed by atoms with Gasteiger partial charge in [-0.1, -0.05) is 29.8 Å². The minimum absolute atomic E-state index is 0.401. The van der Waals surface area contributed by atoms with Gasteiger partial charge in [0.15, 0.2) is 6.10 Å². The standard InChI is InChI=1S/C27H32F2N2O3/c1-15-7-9-18(10-8-15)22-19-13-16(2)31-12-11-30(14-20(28)29)23(24(19)31)17(3)21(22)25(26(32)33)34-27(4,5)6/h7-10,13,20,25H,11-12,14H2,1-6H3,(H,32,33)/t25-/m0/s1. The van der Waals surface area contributed by atoms with Crippen LogP contribution in [0.5, 0.6) is 0 Å². The Labute approximate surface area is 198 Å². The van der Waals surface area contributed by atoms with Crippen molar-refractivity contribution in [2.75, 3.05) is 18.0 Å². The molecule has 2 aromatic carbocycles. The molecular formula is C27H32F2N2O3. The number of anilines is 1. The molecule has 34 heavy (non-hydrogen) atoms. The van der Waals surface area contributed by atoms with Crippen molar-refractivity contribution in [3.8, 4) is 11.1 Å². The van der Waals surface area contributed by atoms with Gasteiger partial charge in [0, 0.05) is 29.7 Å². The number of carboxylic acid groups (broad SMARTS) is 1. The van der Waals surface area contributed by atoms with Crippen LogP contribution in [0.15, 0.2) is 30.3 Å². The third kappa shape index (κ3) is 4.29. The number of ether oxygens (including phenoxy) is 1. The largest absolute Gasteiger partial charge is 0.479 e. The van der Waals surface area contributed by atoms with E-state index in [9.17, 15) is 18.7 Å². The van der Waals surface area contributed by atoms with Gasteiger partial charge in [0.25, 0.3) is 6.43 Å². The van der Waals surface area contributed by atoms with Crippen LogP contribution < -0.4 is 4.90 Å². The second kappa shape index (κ2) is 8.69. The van der Waals surface area contributed by atoms with E-state index in [2.05, 4.69) is 4.57 Å². The number of hydrogen-bond acceptors (Lipinski definition) is 3. The zero-order valence-corrected chi connectivity index (χ0v) is 20.6. The van der Waals surface area contributed by atoms with Gasteiger partial charge in [-0.15, -0.1) is 0 Å². The average molecular weight is 471 g/mol. The molecule has 0 unspecified atom stereocenters. The number of aliphatic carboxylic acids is 1. The van der Waals surface area contributed by atoms with Crippen LogP contribution in [0.4, 0.5) is 14.5 Å². The van der Waals surface area contributed by atoms with Crippen LogP contribution in [0.3, 0.4) is 0 Å². The van der Waals surface area contributed by atoms with Crippen molar-refractivity contribution in [3.63, 3.8) is 0 Å². The molecule has 0 fully saturated rings.